The highest BCUT2D eigenvalue weighted by molar-refractivity contribution is 9.10. The number of halogens is 1. The summed E-state index contributed by atoms with van der Waals surface area (Å²) >= 11 is 3.32. The summed E-state index contributed by atoms with van der Waals surface area (Å²) in [5, 5.41) is 0. The summed E-state index contributed by atoms with van der Waals surface area (Å²) in [6, 6.07) is 12.6. The second kappa shape index (κ2) is 11.0. The Bertz CT molecular complexity index is 1010. The van der Waals surface area contributed by atoms with Crippen LogP contribution in [0.25, 0.3) is 0 Å². The van der Waals surface area contributed by atoms with E-state index in [1.54, 1.807) is 64.3 Å². The minimum Gasteiger partial charge on any atom is -0.497 e. The zero-order valence-corrected chi connectivity index (χ0v) is 21.0. The van der Waals surface area contributed by atoms with Gasteiger partial charge in [0.25, 0.3) is 0 Å². The van der Waals surface area contributed by atoms with Gasteiger partial charge in [-0.15, -0.1) is 6.58 Å². The lowest BCUT2D eigenvalue weighted by atomic mass is 10.2. The molecule has 0 aliphatic heterocycles. The highest BCUT2D eigenvalue weighted by Crippen LogP contribution is 2.24. The number of carbonyl (C=O) groups is 1. The van der Waals surface area contributed by atoms with Crippen molar-refractivity contribution in [3.8, 4) is 5.75 Å². The molecule has 32 heavy (non-hydrogen) atoms. The van der Waals surface area contributed by atoms with E-state index in [1.807, 2.05) is 0 Å². The van der Waals surface area contributed by atoms with E-state index in [1.165, 1.54) is 22.5 Å². The van der Waals surface area contributed by atoms with Gasteiger partial charge in [0.2, 0.25) is 10.0 Å². The van der Waals surface area contributed by atoms with Crippen molar-refractivity contribution in [3.05, 3.63) is 71.2 Å². The van der Waals surface area contributed by atoms with Gasteiger partial charge < -0.3 is 14.2 Å². The Kier molecular flexibility index (Phi) is 8.89. The maximum absolute atomic E-state index is 13.5. The van der Waals surface area contributed by atoms with Gasteiger partial charge in [-0.3, -0.25) is 0 Å². The number of methoxy groups -OCH3 is 1. The first-order valence-electron chi connectivity index (χ1n) is 9.85. The molecule has 7 nitrogen and oxygen atoms in total. The van der Waals surface area contributed by atoms with Crippen LogP contribution in [-0.2, 0) is 26.0 Å². The Morgan fingerprint density at radius 2 is 1.72 bits per heavy atom. The molecule has 0 aliphatic carbocycles. The van der Waals surface area contributed by atoms with Crippen molar-refractivity contribution in [2.24, 2.45) is 0 Å². The van der Waals surface area contributed by atoms with Crippen molar-refractivity contribution < 1.29 is 27.4 Å². The average Bonchev–Trinajstić information content (AvgIpc) is 2.72. The van der Waals surface area contributed by atoms with E-state index >= 15 is 0 Å². The summed E-state index contributed by atoms with van der Waals surface area (Å²) in [4.78, 5) is 12.1. The fourth-order valence-corrected chi connectivity index (χ4v) is 4.57. The molecule has 174 valence electrons. The van der Waals surface area contributed by atoms with Crippen LogP contribution in [0.3, 0.4) is 0 Å². The van der Waals surface area contributed by atoms with E-state index in [0.29, 0.717) is 5.75 Å². The number of nitrogens with zero attached hydrogens (tertiary/aromatic N) is 1. The van der Waals surface area contributed by atoms with Crippen molar-refractivity contribution in [1.82, 2.24) is 4.31 Å². The zero-order valence-electron chi connectivity index (χ0n) is 18.6. The number of carbonyl (C=O) groups excluding carboxylic acids is 1. The molecule has 9 heteroatoms. The Morgan fingerprint density at radius 3 is 2.22 bits per heavy atom. The van der Waals surface area contributed by atoms with Gasteiger partial charge in [0, 0.05) is 11.0 Å². The first kappa shape index (κ1) is 25.9. The molecule has 1 atom stereocenters. The molecule has 0 aliphatic rings. The Balaban J connectivity index is 2.35. The van der Waals surface area contributed by atoms with E-state index in [-0.39, 0.29) is 18.0 Å². The number of benzene rings is 2. The number of hydrogen-bond donors (Lipinski definition) is 0. The third kappa shape index (κ3) is 7.36. The number of ether oxygens (including phenoxy) is 3. The van der Waals surface area contributed by atoms with E-state index in [9.17, 15) is 13.2 Å². The van der Waals surface area contributed by atoms with Gasteiger partial charge in [0.05, 0.1) is 18.0 Å². The molecule has 2 aromatic carbocycles. The van der Waals surface area contributed by atoms with Crippen LogP contribution in [0.5, 0.6) is 5.75 Å². The summed E-state index contributed by atoms with van der Waals surface area (Å²) in [5.74, 6) is 0.657. The molecule has 0 saturated carbocycles. The minimum atomic E-state index is -3.95. The molecule has 0 aromatic heterocycles. The lowest BCUT2D eigenvalue weighted by Crippen LogP contribution is -2.42. The predicted molar refractivity (Wildman–Crippen MR) is 126 cm³/mol. The molecule has 0 amide bonds. The van der Waals surface area contributed by atoms with Crippen molar-refractivity contribution in [2.75, 3.05) is 13.7 Å². The van der Waals surface area contributed by atoms with Gasteiger partial charge >= 0.3 is 6.16 Å². The maximum atomic E-state index is 13.5. The molecule has 0 bridgehead atoms. The van der Waals surface area contributed by atoms with Gasteiger partial charge in [-0.2, -0.15) is 4.31 Å². The van der Waals surface area contributed by atoms with Crippen LogP contribution >= 0.6 is 15.9 Å². The lowest BCUT2D eigenvalue weighted by Gasteiger charge is -2.29. The molecule has 0 N–H and O–H groups in total. The van der Waals surface area contributed by atoms with Crippen LogP contribution in [0, 0.1) is 0 Å². The number of sulfonamides is 1. The monoisotopic (exact) mass is 525 g/mol. The fraction of sp³-hybridized carbons (Fsp3) is 0.348. The molecule has 0 spiro atoms. The Hall–Kier alpha value is -2.36. The molecule has 0 fully saturated rings. The topological polar surface area (TPSA) is 82.1 Å². The SMILES string of the molecule is C=C[C@@H](COC(=O)OC(C)(C)C)N(Cc1ccc(OC)cc1)S(=O)(=O)c1ccc(Br)cc1. The Labute approximate surface area is 198 Å². The summed E-state index contributed by atoms with van der Waals surface area (Å²) in [7, 11) is -2.39. The summed E-state index contributed by atoms with van der Waals surface area (Å²) < 4.78 is 44.6. The number of hydrogen-bond acceptors (Lipinski definition) is 6. The third-order valence-corrected chi connectivity index (χ3v) is 6.74. The first-order chi connectivity index (χ1) is 15.0. The predicted octanol–water partition coefficient (Wildman–Crippen LogP) is 5.15. The van der Waals surface area contributed by atoms with E-state index < -0.39 is 27.8 Å². The third-order valence-electron chi connectivity index (χ3n) is 4.32. The second-order valence-electron chi connectivity index (χ2n) is 7.93. The van der Waals surface area contributed by atoms with Crippen LogP contribution < -0.4 is 4.74 Å². The van der Waals surface area contributed by atoms with Gasteiger partial charge in [0.1, 0.15) is 18.0 Å². The van der Waals surface area contributed by atoms with Crippen molar-refractivity contribution in [2.45, 2.75) is 43.9 Å². The quantitative estimate of drug-likeness (QED) is 0.332. The van der Waals surface area contributed by atoms with E-state index in [0.717, 1.165) is 10.0 Å². The molecule has 2 aromatic rings. The first-order valence-corrected chi connectivity index (χ1v) is 12.1. The van der Waals surface area contributed by atoms with Gasteiger partial charge in [0.15, 0.2) is 0 Å². The summed E-state index contributed by atoms with van der Waals surface area (Å²) in [6.07, 6.45) is 0.555. The summed E-state index contributed by atoms with van der Waals surface area (Å²) in [6.45, 7) is 8.70. The largest absolute Gasteiger partial charge is 0.508 e. The van der Waals surface area contributed by atoms with E-state index in [4.69, 9.17) is 14.2 Å². The lowest BCUT2D eigenvalue weighted by molar-refractivity contribution is -0.0118. The Morgan fingerprint density at radius 1 is 1.12 bits per heavy atom. The normalized spacial score (nSPS) is 12.8. The molecule has 0 saturated heterocycles. The second-order valence-corrected chi connectivity index (χ2v) is 10.7. The highest BCUT2D eigenvalue weighted by Gasteiger charge is 2.31. The molecule has 2 rings (SSSR count). The van der Waals surface area contributed by atoms with Crippen LogP contribution in [-0.4, -0.2) is 44.2 Å². The van der Waals surface area contributed by atoms with Gasteiger partial charge in [-0.25, -0.2) is 13.2 Å². The molecular weight excluding hydrogens is 498 g/mol. The minimum absolute atomic E-state index is 0.0384. The van der Waals surface area contributed by atoms with Crippen LogP contribution in [0.2, 0.25) is 0 Å². The number of rotatable bonds is 9. The van der Waals surface area contributed by atoms with Crippen LogP contribution in [0.15, 0.2) is 70.6 Å². The van der Waals surface area contributed by atoms with Crippen molar-refractivity contribution >= 4 is 32.1 Å². The van der Waals surface area contributed by atoms with Crippen molar-refractivity contribution in [3.63, 3.8) is 0 Å². The standard InChI is InChI=1S/C23H28BrNO6S/c1-6-19(16-30-22(26)31-23(2,3)4)25(15-17-7-11-20(29-5)12-8-17)32(27,28)21-13-9-18(24)10-14-21/h6-14,19H,1,15-16H2,2-5H3/t19-/m0/s1. The van der Waals surface area contributed by atoms with Crippen LogP contribution in [0.4, 0.5) is 4.79 Å². The average molecular weight is 526 g/mol. The highest BCUT2D eigenvalue weighted by atomic mass is 79.9. The molecule has 0 unspecified atom stereocenters. The maximum Gasteiger partial charge on any atom is 0.508 e. The van der Waals surface area contributed by atoms with E-state index in [2.05, 4.69) is 22.5 Å². The molecule has 0 radical (unpaired) electrons. The molecule has 0 heterocycles. The van der Waals surface area contributed by atoms with Crippen LogP contribution in [0.1, 0.15) is 26.3 Å². The van der Waals surface area contributed by atoms with Gasteiger partial charge in [-0.1, -0.05) is 34.1 Å². The van der Waals surface area contributed by atoms with Crippen molar-refractivity contribution in [1.29, 1.82) is 0 Å². The zero-order chi connectivity index (χ0) is 23.9. The van der Waals surface area contributed by atoms with Gasteiger partial charge in [-0.05, 0) is 62.7 Å². The molecular formula is C23H28BrNO6S. The fourth-order valence-electron chi connectivity index (χ4n) is 2.73. The summed E-state index contributed by atoms with van der Waals surface area (Å²) in [5.41, 5.74) is 0.00292. The smallest absolute Gasteiger partial charge is 0.497 e.